The molecule has 2 aromatic rings. The van der Waals surface area contributed by atoms with Crippen molar-refractivity contribution in [3.05, 3.63) is 81.4 Å². The summed E-state index contributed by atoms with van der Waals surface area (Å²) in [6.07, 6.45) is 0. The van der Waals surface area contributed by atoms with Crippen LogP contribution in [0, 0.1) is 10.1 Å². The summed E-state index contributed by atoms with van der Waals surface area (Å²) >= 11 is 0. The summed E-state index contributed by atoms with van der Waals surface area (Å²) < 4.78 is 0. The molecule has 1 aliphatic rings. The molecular formula is C23H25N3O5. The van der Waals surface area contributed by atoms with Crippen molar-refractivity contribution in [2.75, 3.05) is 26.2 Å². The topological polar surface area (TPSA) is 104 Å². The highest BCUT2D eigenvalue weighted by atomic mass is 16.6. The van der Waals surface area contributed by atoms with Crippen molar-refractivity contribution in [2.45, 2.75) is 19.9 Å². The first-order valence-corrected chi connectivity index (χ1v) is 10.2. The molecule has 0 aromatic heterocycles. The Hall–Kier alpha value is -3.52. The molecule has 8 nitrogen and oxygen atoms in total. The zero-order chi connectivity index (χ0) is 22.5. The monoisotopic (exact) mass is 423 g/mol. The minimum atomic E-state index is -0.760. The highest BCUT2D eigenvalue weighted by Gasteiger charge is 2.45. The number of carbonyl (C=O) groups excluding carboxylic acids is 2. The second-order valence-electron chi connectivity index (χ2n) is 7.23. The third kappa shape index (κ3) is 4.49. The van der Waals surface area contributed by atoms with Gasteiger partial charge in [0.05, 0.1) is 16.5 Å². The van der Waals surface area contributed by atoms with E-state index in [9.17, 15) is 24.8 Å². The Morgan fingerprint density at radius 3 is 2.23 bits per heavy atom. The van der Waals surface area contributed by atoms with Crippen LogP contribution in [0.1, 0.15) is 31.0 Å². The molecule has 0 spiro atoms. The summed E-state index contributed by atoms with van der Waals surface area (Å²) in [4.78, 5) is 39.8. The van der Waals surface area contributed by atoms with E-state index in [0.29, 0.717) is 18.7 Å². The average molecular weight is 423 g/mol. The molecule has 3 rings (SSSR count). The SMILES string of the molecule is CCN(CC)CCN1C(=O)C(=O)/C(=C(/O)c2ccc([N+](=O)[O-])cc2)[C@H]1c1ccccc1. The summed E-state index contributed by atoms with van der Waals surface area (Å²) in [7, 11) is 0. The van der Waals surface area contributed by atoms with Gasteiger partial charge in [0.15, 0.2) is 0 Å². The normalized spacial score (nSPS) is 18.0. The predicted molar refractivity (Wildman–Crippen MR) is 116 cm³/mol. The Morgan fingerprint density at radius 1 is 1.06 bits per heavy atom. The molecule has 1 aliphatic heterocycles. The fourth-order valence-electron chi connectivity index (χ4n) is 3.78. The van der Waals surface area contributed by atoms with Gasteiger partial charge < -0.3 is 14.9 Å². The number of carbonyl (C=O) groups is 2. The van der Waals surface area contributed by atoms with Crippen molar-refractivity contribution in [1.82, 2.24) is 9.80 Å². The van der Waals surface area contributed by atoms with E-state index in [0.717, 1.165) is 13.1 Å². The Morgan fingerprint density at radius 2 is 1.68 bits per heavy atom. The average Bonchev–Trinajstić information content (AvgIpc) is 3.05. The van der Waals surface area contributed by atoms with Crippen LogP contribution in [0.5, 0.6) is 0 Å². The Balaban J connectivity index is 2.06. The fraction of sp³-hybridized carbons (Fsp3) is 0.304. The minimum Gasteiger partial charge on any atom is -0.507 e. The van der Waals surface area contributed by atoms with E-state index in [1.165, 1.54) is 29.2 Å². The third-order valence-corrected chi connectivity index (χ3v) is 5.56. The first-order chi connectivity index (χ1) is 14.9. The van der Waals surface area contributed by atoms with Crippen molar-refractivity contribution in [2.24, 2.45) is 0 Å². The molecule has 162 valence electrons. The van der Waals surface area contributed by atoms with E-state index < -0.39 is 22.7 Å². The standard InChI is InChI=1S/C23H25N3O5/c1-3-24(4-2)14-15-25-20(16-8-6-5-7-9-16)19(22(28)23(25)29)21(27)17-10-12-18(13-11-17)26(30)31/h5-13,20,27H,3-4,14-15H2,1-2H3/b21-19+/t20-/m1/s1. The largest absolute Gasteiger partial charge is 0.507 e. The summed E-state index contributed by atoms with van der Waals surface area (Å²) in [6.45, 7) is 6.63. The van der Waals surface area contributed by atoms with E-state index in [1.807, 2.05) is 44.2 Å². The first kappa shape index (κ1) is 22.2. The smallest absolute Gasteiger partial charge is 0.295 e. The van der Waals surface area contributed by atoms with Crippen LogP contribution in [-0.4, -0.2) is 57.7 Å². The summed E-state index contributed by atoms with van der Waals surface area (Å²) in [5, 5.41) is 21.9. The number of aliphatic hydroxyl groups excluding tert-OH is 1. The number of nitro groups is 1. The van der Waals surface area contributed by atoms with Crippen LogP contribution in [0.2, 0.25) is 0 Å². The number of aliphatic hydroxyl groups is 1. The molecule has 1 saturated heterocycles. The molecule has 0 unspecified atom stereocenters. The number of Topliss-reactive ketones (excluding diaryl/α,β-unsaturated/α-hetero) is 1. The number of hydrogen-bond acceptors (Lipinski definition) is 6. The van der Waals surface area contributed by atoms with E-state index in [-0.39, 0.29) is 22.6 Å². The highest BCUT2D eigenvalue weighted by Crippen LogP contribution is 2.39. The molecule has 0 bridgehead atoms. The van der Waals surface area contributed by atoms with Gasteiger partial charge >= 0.3 is 0 Å². The Labute approximate surface area is 180 Å². The van der Waals surface area contributed by atoms with Crippen LogP contribution in [-0.2, 0) is 9.59 Å². The molecule has 1 heterocycles. The van der Waals surface area contributed by atoms with E-state index in [1.54, 1.807) is 0 Å². The molecule has 1 amide bonds. The molecule has 0 radical (unpaired) electrons. The lowest BCUT2D eigenvalue weighted by Crippen LogP contribution is -2.38. The molecule has 1 atom stereocenters. The highest BCUT2D eigenvalue weighted by molar-refractivity contribution is 6.46. The molecular weight excluding hydrogens is 398 g/mol. The molecule has 8 heteroatoms. The number of nitrogens with zero attached hydrogens (tertiary/aromatic N) is 3. The van der Waals surface area contributed by atoms with E-state index in [4.69, 9.17) is 0 Å². The number of ketones is 1. The van der Waals surface area contributed by atoms with Gasteiger partial charge in [0, 0.05) is 30.8 Å². The van der Waals surface area contributed by atoms with Crippen molar-refractivity contribution < 1.29 is 19.6 Å². The van der Waals surface area contributed by atoms with Crippen molar-refractivity contribution in [3.8, 4) is 0 Å². The molecule has 2 aromatic carbocycles. The summed E-state index contributed by atoms with van der Waals surface area (Å²) in [6, 6.07) is 13.6. The first-order valence-electron chi connectivity index (χ1n) is 10.2. The minimum absolute atomic E-state index is 0.00963. The summed E-state index contributed by atoms with van der Waals surface area (Å²) in [5.41, 5.74) is 0.818. The van der Waals surface area contributed by atoms with Gasteiger partial charge in [-0.1, -0.05) is 44.2 Å². The zero-order valence-electron chi connectivity index (χ0n) is 17.5. The van der Waals surface area contributed by atoms with E-state index >= 15 is 0 Å². The van der Waals surface area contributed by atoms with Gasteiger partial charge in [0.1, 0.15) is 5.76 Å². The van der Waals surface area contributed by atoms with Crippen LogP contribution < -0.4 is 0 Å². The van der Waals surface area contributed by atoms with Gasteiger partial charge in [0.2, 0.25) is 0 Å². The number of benzene rings is 2. The molecule has 0 aliphatic carbocycles. The van der Waals surface area contributed by atoms with Gasteiger partial charge in [-0.15, -0.1) is 0 Å². The van der Waals surface area contributed by atoms with Crippen LogP contribution in [0.15, 0.2) is 60.2 Å². The van der Waals surface area contributed by atoms with Gasteiger partial charge in [-0.05, 0) is 30.8 Å². The quantitative estimate of drug-likeness (QED) is 0.230. The van der Waals surface area contributed by atoms with Gasteiger partial charge in [0.25, 0.3) is 17.4 Å². The Bertz CT molecular complexity index is 998. The van der Waals surface area contributed by atoms with Gasteiger partial charge in [-0.2, -0.15) is 0 Å². The number of likely N-dealkylation sites (tertiary alicyclic amines) is 1. The number of non-ortho nitro benzene ring substituents is 1. The molecule has 1 fully saturated rings. The number of rotatable bonds is 8. The van der Waals surface area contributed by atoms with Crippen LogP contribution in [0.4, 0.5) is 5.69 Å². The lowest BCUT2D eigenvalue weighted by molar-refractivity contribution is -0.384. The number of nitro benzene ring substituents is 1. The fourth-order valence-corrected chi connectivity index (χ4v) is 3.78. The number of hydrogen-bond donors (Lipinski definition) is 1. The van der Waals surface area contributed by atoms with Gasteiger partial charge in [-0.25, -0.2) is 0 Å². The lowest BCUT2D eigenvalue weighted by Gasteiger charge is -2.28. The van der Waals surface area contributed by atoms with Crippen molar-refractivity contribution in [3.63, 3.8) is 0 Å². The maximum atomic E-state index is 12.9. The lowest BCUT2D eigenvalue weighted by atomic mass is 9.95. The van der Waals surface area contributed by atoms with Crippen LogP contribution >= 0.6 is 0 Å². The molecule has 31 heavy (non-hydrogen) atoms. The number of likely N-dealkylation sites (N-methyl/N-ethyl adjacent to an activating group) is 1. The predicted octanol–water partition coefficient (Wildman–Crippen LogP) is 3.36. The van der Waals surface area contributed by atoms with Crippen molar-refractivity contribution >= 4 is 23.1 Å². The molecule has 1 N–H and O–H groups in total. The number of amides is 1. The summed E-state index contributed by atoms with van der Waals surface area (Å²) in [5.74, 6) is -1.76. The maximum absolute atomic E-state index is 12.9. The van der Waals surface area contributed by atoms with Crippen molar-refractivity contribution in [1.29, 1.82) is 0 Å². The maximum Gasteiger partial charge on any atom is 0.295 e. The second-order valence-corrected chi connectivity index (χ2v) is 7.23. The van der Waals surface area contributed by atoms with Gasteiger partial charge in [-0.3, -0.25) is 19.7 Å². The zero-order valence-corrected chi connectivity index (χ0v) is 17.5. The molecule has 0 saturated carbocycles. The van der Waals surface area contributed by atoms with Crippen LogP contribution in [0.25, 0.3) is 5.76 Å². The third-order valence-electron chi connectivity index (χ3n) is 5.56. The van der Waals surface area contributed by atoms with E-state index in [2.05, 4.69) is 4.90 Å². The Kier molecular flexibility index (Phi) is 6.81. The second kappa shape index (κ2) is 9.53. The van der Waals surface area contributed by atoms with Crippen LogP contribution in [0.3, 0.4) is 0 Å².